The van der Waals surface area contributed by atoms with Gasteiger partial charge in [-0.3, -0.25) is 0 Å². The topological polar surface area (TPSA) is 0 Å². The van der Waals surface area contributed by atoms with Gasteiger partial charge in [-0.05, 0) is 0 Å². The molecule has 0 N–H and O–H groups in total. The van der Waals surface area contributed by atoms with E-state index in [1.165, 1.54) is 8.35 Å². The van der Waals surface area contributed by atoms with Crippen LogP contribution in [0.1, 0.15) is 6.92 Å². The van der Waals surface area contributed by atoms with Crippen LogP contribution >= 0.6 is 0 Å². The predicted molar refractivity (Wildman–Crippen MR) is 44.1 cm³/mol. The van der Waals surface area contributed by atoms with Gasteiger partial charge in [-0.1, -0.05) is 0 Å². The molecule has 0 aromatic heterocycles. The number of hydrogen-bond acceptors (Lipinski definition) is 0. The molecular formula is C8H13In. The van der Waals surface area contributed by atoms with Crippen LogP contribution in [0.25, 0.3) is 0 Å². The first-order valence-corrected chi connectivity index (χ1v) is 10.2. The fourth-order valence-electron chi connectivity index (χ4n) is 1.36. The van der Waals surface area contributed by atoms with Crippen LogP contribution in [0.3, 0.4) is 0 Å². The molecule has 1 rings (SSSR count). The molecule has 0 aliphatic carbocycles. The van der Waals surface area contributed by atoms with E-state index in [2.05, 4.69) is 31.7 Å². The maximum atomic E-state index is 3.78. The first kappa shape index (κ1) is 7.46. The van der Waals surface area contributed by atoms with Gasteiger partial charge in [0.05, 0.1) is 0 Å². The summed E-state index contributed by atoms with van der Waals surface area (Å²) in [6.45, 7) is 6.15. The number of allylic oxidation sites excluding steroid dienone is 3. The Balaban J connectivity index is 2.36. The third kappa shape index (κ3) is 1.89. The van der Waals surface area contributed by atoms with Crippen molar-refractivity contribution in [2.75, 3.05) is 0 Å². The molecule has 0 bridgehead atoms. The quantitative estimate of drug-likeness (QED) is 0.632. The molecule has 1 atom stereocenters. The Hall–Kier alpha value is 0.350. The molecule has 0 nitrogen and oxygen atoms in total. The van der Waals surface area contributed by atoms with Crippen LogP contribution in [0.5, 0.6) is 0 Å². The Bertz CT molecular complexity index is 127. The van der Waals surface area contributed by atoms with Crippen LogP contribution in [0, 0.1) is 0 Å². The third-order valence-electron chi connectivity index (χ3n) is 2.09. The van der Waals surface area contributed by atoms with E-state index in [9.17, 15) is 0 Å². The van der Waals surface area contributed by atoms with Crippen molar-refractivity contribution in [1.29, 1.82) is 0 Å². The van der Waals surface area contributed by atoms with Gasteiger partial charge in [0.15, 0.2) is 0 Å². The molecule has 0 aromatic carbocycles. The normalized spacial score (nSPS) is 25.0. The molecule has 48 valence electrons. The van der Waals surface area contributed by atoms with Gasteiger partial charge in [-0.15, -0.1) is 0 Å². The molecule has 1 unspecified atom stereocenters. The SMILES string of the molecule is C=C[CH2][In]1[CH2]C=C[CH]1C. The first-order valence-electron chi connectivity index (χ1n) is 3.62. The second-order valence-corrected chi connectivity index (χ2v) is 12.8. The molecule has 1 aliphatic rings. The fourth-order valence-corrected chi connectivity index (χ4v) is 8.38. The summed E-state index contributed by atoms with van der Waals surface area (Å²) in [6, 6.07) is 0. The molecule has 1 heterocycles. The molecular weight excluding hydrogens is 211 g/mol. The maximum absolute atomic E-state index is 3.78. The summed E-state index contributed by atoms with van der Waals surface area (Å²) >= 11 is -1.05. The summed E-state index contributed by atoms with van der Waals surface area (Å²) in [5.74, 6) is 0. The van der Waals surface area contributed by atoms with Crippen molar-refractivity contribution >= 4 is 21.4 Å². The fraction of sp³-hybridized carbons (Fsp3) is 0.500. The second-order valence-electron chi connectivity index (χ2n) is 2.81. The van der Waals surface area contributed by atoms with E-state index >= 15 is 0 Å². The van der Waals surface area contributed by atoms with Crippen molar-refractivity contribution in [3.63, 3.8) is 0 Å². The molecule has 0 aromatic rings. The zero-order valence-electron chi connectivity index (χ0n) is 6.01. The van der Waals surface area contributed by atoms with Crippen LogP contribution in [-0.2, 0) is 0 Å². The Labute approximate surface area is 65.2 Å². The number of hydrogen-bond donors (Lipinski definition) is 0. The summed E-state index contributed by atoms with van der Waals surface area (Å²) in [5.41, 5.74) is 0. The number of rotatable bonds is 2. The molecule has 1 heteroatoms. The van der Waals surface area contributed by atoms with Gasteiger partial charge >= 0.3 is 65.2 Å². The van der Waals surface area contributed by atoms with E-state index in [0.717, 1.165) is 3.67 Å². The van der Waals surface area contributed by atoms with Crippen molar-refractivity contribution in [1.82, 2.24) is 0 Å². The van der Waals surface area contributed by atoms with Crippen molar-refractivity contribution in [2.45, 2.75) is 19.0 Å². The average Bonchev–Trinajstić information content (AvgIpc) is 2.18. The minimum atomic E-state index is -1.05. The van der Waals surface area contributed by atoms with Gasteiger partial charge in [0, 0.05) is 0 Å². The van der Waals surface area contributed by atoms with Gasteiger partial charge < -0.3 is 0 Å². The second kappa shape index (κ2) is 3.50. The van der Waals surface area contributed by atoms with E-state index in [0.29, 0.717) is 0 Å². The Kier molecular flexibility index (Phi) is 2.90. The average molecular weight is 224 g/mol. The summed E-state index contributed by atoms with van der Waals surface area (Å²) in [4.78, 5) is 0. The van der Waals surface area contributed by atoms with Crippen LogP contribution in [0.4, 0.5) is 0 Å². The summed E-state index contributed by atoms with van der Waals surface area (Å²) in [7, 11) is 0. The van der Waals surface area contributed by atoms with Gasteiger partial charge in [0.2, 0.25) is 0 Å². The summed E-state index contributed by atoms with van der Waals surface area (Å²) < 4.78 is 3.84. The zero-order chi connectivity index (χ0) is 6.69. The van der Waals surface area contributed by atoms with E-state index in [4.69, 9.17) is 0 Å². The van der Waals surface area contributed by atoms with Crippen LogP contribution in [-0.4, -0.2) is 21.4 Å². The van der Waals surface area contributed by atoms with Crippen LogP contribution < -0.4 is 0 Å². The van der Waals surface area contributed by atoms with E-state index in [1.54, 1.807) is 0 Å². The van der Waals surface area contributed by atoms with Gasteiger partial charge in [-0.25, -0.2) is 0 Å². The van der Waals surface area contributed by atoms with Crippen molar-refractivity contribution in [2.24, 2.45) is 0 Å². The van der Waals surface area contributed by atoms with E-state index < -0.39 is 21.4 Å². The Morgan fingerprint density at radius 3 is 3.11 bits per heavy atom. The van der Waals surface area contributed by atoms with Crippen molar-refractivity contribution < 1.29 is 0 Å². The van der Waals surface area contributed by atoms with Gasteiger partial charge in [0.1, 0.15) is 0 Å². The zero-order valence-corrected chi connectivity index (χ0v) is 9.30. The third-order valence-corrected chi connectivity index (χ3v) is 12.2. The molecule has 0 saturated heterocycles. The van der Waals surface area contributed by atoms with Crippen LogP contribution in [0.2, 0.25) is 12.0 Å². The Morgan fingerprint density at radius 1 is 1.89 bits per heavy atom. The Morgan fingerprint density at radius 2 is 2.67 bits per heavy atom. The van der Waals surface area contributed by atoms with Crippen molar-refractivity contribution in [3.05, 3.63) is 24.8 Å². The molecule has 0 amide bonds. The molecule has 0 saturated carbocycles. The first-order chi connectivity index (χ1) is 4.34. The molecule has 0 spiro atoms. The van der Waals surface area contributed by atoms with E-state index in [-0.39, 0.29) is 0 Å². The molecule has 1 aliphatic heterocycles. The molecule has 0 radical (unpaired) electrons. The summed E-state index contributed by atoms with van der Waals surface area (Å²) in [6.07, 6.45) is 6.88. The predicted octanol–water partition coefficient (Wildman–Crippen LogP) is 2.63. The van der Waals surface area contributed by atoms with Gasteiger partial charge in [0.25, 0.3) is 0 Å². The molecule has 9 heavy (non-hydrogen) atoms. The monoisotopic (exact) mass is 224 g/mol. The van der Waals surface area contributed by atoms with Gasteiger partial charge in [-0.2, -0.15) is 0 Å². The minimum absolute atomic E-state index is 0.991. The van der Waals surface area contributed by atoms with Crippen molar-refractivity contribution in [3.8, 4) is 0 Å². The van der Waals surface area contributed by atoms with Crippen LogP contribution in [0.15, 0.2) is 24.8 Å². The van der Waals surface area contributed by atoms with E-state index in [1.807, 2.05) is 0 Å². The molecule has 0 fully saturated rings. The standard InChI is InChI=1S/C5H8.C3H5.In/c1-3-5-4-2;1-3-2;/h3-5H,1H2,2H3;3H,1-2H2;. The summed E-state index contributed by atoms with van der Waals surface area (Å²) in [5, 5.41) is 0.